The largest absolute Gasteiger partial charge is 0.497 e. The Labute approximate surface area is 200 Å². The van der Waals surface area contributed by atoms with Crippen LogP contribution >= 0.6 is 0 Å². The number of methoxy groups -OCH3 is 1. The molecule has 34 heavy (non-hydrogen) atoms. The number of aromatic nitrogens is 2. The molecule has 1 N–H and O–H groups in total. The molecular weight excluding hydrogens is 448 g/mol. The molecule has 0 amide bonds. The van der Waals surface area contributed by atoms with Crippen molar-refractivity contribution in [1.29, 1.82) is 0 Å². The number of anilines is 3. The van der Waals surface area contributed by atoms with Crippen LogP contribution in [0.3, 0.4) is 0 Å². The van der Waals surface area contributed by atoms with Crippen molar-refractivity contribution in [1.82, 2.24) is 9.97 Å². The van der Waals surface area contributed by atoms with Crippen LogP contribution < -0.4 is 15.0 Å². The Morgan fingerprint density at radius 1 is 0.912 bits per heavy atom. The minimum Gasteiger partial charge on any atom is -0.497 e. The third-order valence-corrected chi connectivity index (χ3v) is 6.83. The Morgan fingerprint density at radius 2 is 1.59 bits per heavy atom. The van der Waals surface area contributed by atoms with Gasteiger partial charge in [0.25, 0.3) is 0 Å². The van der Waals surface area contributed by atoms with Gasteiger partial charge in [0.2, 0.25) is 0 Å². The standard InChI is InChI=1S/C26H28N4O3S/c1-5-30(6-2)20-11-9-19(10-12-20)27-26-23-16-13-21(33-3)17-24(23)28-25(29-26)18-7-14-22(15-8-18)34(4,31)32/h7-17H,5-6H2,1-4H3,(H,27,28,29). The van der Waals surface area contributed by atoms with Crippen molar-refractivity contribution in [3.05, 3.63) is 66.7 Å². The van der Waals surface area contributed by atoms with E-state index in [4.69, 9.17) is 14.7 Å². The number of nitrogens with one attached hydrogen (secondary N) is 1. The molecule has 8 heteroatoms. The molecule has 4 rings (SSSR count). The lowest BCUT2D eigenvalue weighted by molar-refractivity contribution is 0.415. The normalized spacial score (nSPS) is 11.4. The number of fused-ring (bicyclic) bond motifs is 1. The summed E-state index contributed by atoms with van der Waals surface area (Å²) in [5.74, 6) is 1.84. The summed E-state index contributed by atoms with van der Waals surface area (Å²) in [7, 11) is -1.67. The first kappa shape index (κ1) is 23.5. The molecule has 0 atom stereocenters. The molecule has 4 aromatic rings. The fourth-order valence-corrected chi connectivity index (χ4v) is 4.42. The highest BCUT2D eigenvalue weighted by atomic mass is 32.2. The van der Waals surface area contributed by atoms with Crippen LogP contribution in [0.2, 0.25) is 0 Å². The zero-order valence-corrected chi connectivity index (χ0v) is 20.6. The van der Waals surface area contributed by atoms with Crippen molar-refractivity contribution in [2.75, 3.05) is 36.7 Å². The quantitative estimate of drug-likeness (QED) is 0.369. The first-order valence-corrected chi connectivity index (χ1v) is 13.0. The van der Waals surface area contributed by atoms with Crippen molar-refractivity contribution in [3.63, 3.8) is 0 Å². The van der Waals surface area contributed by atoms with E-state index in [1.807, 2.05) is 30.3 Å². The SMILES string of the molecule is CCN(CC)c1ccc(Nc2nc(-c3ccc(S(C)(=O)=O)cc3)nc3cc(OC)ccc23)cc1. The van der Waals surface area contributed by atoms with Gasteiger partial charge in [0.15, 0.2) is 15.7 Å². The molecule has 0 spiro atoms. The number of rotatable bonds is 8. The van der Waals surface area contributed by atoms with Crippen LogP contribution in [0, 0.1) is 0 Å². The van der Waals surface area contributed by atoms with Crippen LogP contribution in [-0.2, 0) is 9.84 Å². The summed E-state index contributed by atoms with van der Waals surface area (Å²) in [5.41, 5.74) is 3.51. The molecule has 0 aliphatic rings. The van der Waals surface area contributed by atoms with Crippen molar-refractivity contribution < 1.29 is 13.2 Å². The predicted octanol–water partition coefficient (Wildman–Crippen LogP) is 5.30. The van der Waals surface area contributed by atoms with Crippen molar-refractivity contribution in [2.24, 2.45) is 0 Å². The molecule has 0 radical (unpaired) electrons. The number of hydrogen-bond donors (Lipinski definition) is 1. The summed E-state index contributed by atoms with van der Waals surface area (Å²) in [4.78, 5) is 12.0. The van der Waals surface area contributed by atoms with E-state index in [-0.39, 0.29) is 4.90 Å². The van der Waals surface area contributed by atoms with Crippen LogP contribution in [-0.4, -0.2) is 44.8 Å². The van der Waals surface area contributed by atoms with Gasteiger partial charge in [0.1, 0.15) is 11.6 Å². The average Bonchev–Trinajstić information content (AvgIpc) is 2.85. The van der Waals surface area contributed by atoms with Crippen molar-refractivity contribution in [2.45, 2.75) is 18.7 Å². The maximum Gasteiger partial charge on any atom is 0.175 e. The summed E-state index contributed by atoms with van der Waals surface area (Å²) in [6, 6.07) is 20.5. The Bertz CT molecular complexity index is 1400. The van der Waals surface area contributed by atoms with Gasteiger partial charge in [-0.1, -0.05) is 0 Å². The van der Waals surface area contributed by atoms with Crippen LogP contribution in [0.4, 0.5) is 17.2 Å². The molecule has 0 saturated carbocycles. The molecule has 7 nitrogen and oxygen atoms in total. The second-order valence-corrected chi connectivity index (χ2v) is 9.94. The van der Waals surface area contributed by atoms with Crippen molar-refractivity contribution in [3.8, 4) is 17.1 Å². The number of sulfone groups is 1. The second-order valence-electron chi connectivity index (χ2n) is 7.92. The summed E-state index contributed by atoms with van der Waals surface area (Å²) in [6.45, 7) is 6.17. The third kappa shape index (κ3) is 4.97. The lowest BCUT2D eigenvalue weighted by Crippen LogP contribution is -2.21. The average molecular weight is 477 g/mol. The zero-order valence-electron chi connectivity index (χ0n) is 19.7. The molecule has 0 bridgehead atoms. The Kier molecular flexibility index (Phi) is 6.70. The van der Waals surface area contributed by atoms with Gasteiger partial charge < -0.3 is 15.0 Å². The van der Waals surface area contributed by atoms with E-state index in [1.165, 1.54) is 11.9 Å². The Hall–Kier alpha value is -3.65. The summed E-state index contributed by atoms with van der Waals surface area (Å²) >= 11 is 0. The van der Waals surface area contributed by atoms with E-state index in [9.17, 15) is 8.42 Å². The maximum atomic E-state index is 11.8. The number of ether oxygens (including phenoxy) is 1. The highest BCUT2D eigenvalue weighted by Crippen LogP contribution is 2.30. The maximum absolute atomic E-state index is 11.8. The minimum absolute atomic E-state index is 0.255. The number of nitrogens with zero attached hydrogens (tertiary/aromatic N) is 3. The van der Waals surface area contributed by atoms with E-state index in [0.29, 0.717) is 17.4 Å². The molecule has 0 unspecified atom stereocenters. The summed E-state index contributed by atoms with van der Waals surface area (Å²) in [6.07, 6.45) is 1.19. The molecule has 1 aromatic heterocycles. The topological polar surface area (TPSA) is 84.4 Å². The smallest absolute Gasteiger partial charge is 0.175 e. The molecule has 0 aliphatic heterocycles. The molecule has 0 saturated heterocycles. The predicted molar refractivity (Wildman–Crippen MR) is 138 cm³/mol. The van der Waals surface area contributed by atoms with Crippen LogP contribution in [0.5, 0.6) is 5.75 Å². The van der Waals surface area contributed by atoms with Gasteiger partial charge in [0, 0.05) is 47.7 Å². The molecule has 0 fully saturated rings. The minimum atomic E-state index is -3.28. The van der Waals surface area contributed by atoms with Gasteiger partial charge in [0.05, 0.1) is 17.5 Å². The van der Waals surface area contributed by atoms with E-state index in [1.54, 1.807) is 31.4 Å². The molecule has 176 valence electrons. The lowest BCUT2D eigenvalue weighted by atomic mass is 10.1. The highest BCUT2D eigenvalue weighted by Gasteiger charge is 2.13. The van der Waals surface area contributed by atoms with E-state index in [2.05, 4.69) is 36.2 Å². The summed E-state index contributed by atoms with van der Waals surface area (Å²) in [5, 5.41) is 4.28. The van der Waals surface area contributed by atoms with Crippen molar-refractivity contribution >= 4 is 37.9 Å². The van der Waals surface area contributed by atoms with Gasteiger partial charge in [-0.3, -0.25) is 0 Å². The molecular formula is C26H28N4O3S. The van der Waals surface area contributed by atoms with E-state index >= 15 is 0 Å². The summed E-state index contributed by atoms with van der Waals surface area (Å²) < 4.78 is 29.0. The third-order valence-electron chi connectivity index (χ3n) is 5.70. The number of hydrogen-bond acceptors (Lipinski definition) is 7. The Morgan fingerprint density at radius 3 is 2.18 bits per heavy atom. The van der Waals surface area contributed by atoms with Gasteiger partial charge in [-0.25, -0.2) is 18.4 Å². The van der Waals surface area contributed by atoms with Crippen LogP contribution in [0.25, 0.3) is 22.3 Å². The number of benzene rings is 3. The van der Waals surface area contributed by atoms with Gasteiger partial charge in [-0.05, 0) is 74.5 Å². The van der Waals surface area contributed by atoms with Gasteiger partial charge in [-0.15, -0.1) is 0 Å². The molecule has 1 heterocycles. The monoisotopic (exact) mass is 476 g/mol. The van der Waals surface area contributed by atoms with Crippen LogP contribution in [0.1, 0.15) is 13.8 Å². The first-order valence-electron chi connectivity index (χ1n) is 11.1. The fourth-order valence-electron chi connectivity index (χ4n) is 3.79. The zero-order chi connectivity index (χ0) is 24.3. The van der Waals surface area contributed by atoms with Gasteiger partial charge >= 0.3 is 0 Å². The van der Waals surface area contributed by atoms with Crippen LogP contribution in [0.15, 0.2) is 71.6 Å². The van der Waals surface area contributed by atoms with Gasteiger partial charge in [-0.2, -0.15) is 0 Å². The highest BCUT2D eigenvalue weighted by molar-refractivity contribution is 7.90. The molecule has 3 aromatic carbocycles. The molecule has 0 aliphatic carbocycles. The fraction of sp³-hybridized carbons (Fsp3) is 0.231. The first-order chi connectivity index (χ1) is 16.3. The Balaban J connectivity index is 1.76. The lowest BCUT2D eigenvalue weighted by Gasteiger charge is -2.21. The van der Waals surface area contributed by atoms with E-state index < -0.39 is 9.84 Å². The van der Waals surface area contributed by atoms with E-state index in [0.717, 1.165) is 35.2 Å². The second kappa shape index (κ2) is 9.69.